The molecule has 6 heteroatoms. The van der Waals surface area contributed by atoms with E-state index in [1.54, 1.807) is 19.1 Å². The van der Waals surface area contributed by atoms with Crippen LogP contribution in [0.5, 0.6) is 0 Å². The van der Waals surface area contributed by atoms with Gasteiger partial charge in [0.2, 0.25) is 5.91 Å². The number of urea groups is 1. The van der Waals surface area contributed by atoms with Crippen molar-refractivity contribution in [1.29, 1.82) is 0 Å². The Labute approximate surface area is 135 Å². The number of nitrogens with one attached hydrogen (secondary N) is 1. The molecule has 3 rings (SSSR count). The van der Waals surface area contributed by atoms with Gasteiger partial charge in [0.15, 0.2) is 0 Å². The molecule has 1 aliphatic heterocycles. The first-order valence-corrected chi connectivity index (χ1v) is 8.16. The van der Waals surface area contributed by atoms with Crippen LogP contribution in [0.15, 0.2) is 18.2 Å². The Bertz CT molecular complexity index is 614. The summed E-state index contributed by atoms with van der Waals surface area (Å²) < 4.78 is 13.5. The van der Waals surface area contributed by atoms with Crippen LogP contribution >= 0.6 is 0 Å². The van der Waals surface area contributed by atoms with Crippen molar-refractivity contribution in [3.05, 3.63) is 29.6 Å². The summed E-state index contributed by atoms with van der Waals surface area (Å²) in [4.78, 5) is 28.0. The van der Waals surface area contributed by atoms with Gasteiger partial charge in [-0.3, -0.25) is 4.79 Å². The van der Waals surface area contributed by atoms with Crippen molar-refractivity contribution in [2.45, 2.75) is 38.6 Å². The second-order valence-electron chi connectivity index (χ2n) is 6.34. The van der Waals surface area contributed by atoms with Gasteiger partial charge in [0.05, 0.1) is 0 Å². The topological polar surface area (TPSA) is 52.7 Å². The summed E-state index contributed by atoms with van der Waals surface area (Å²) in [5.74, 6) is -0.349. The van der Waals surface area contributed by atoms with Crippen LogP contribution < -0.4 is 5.32 Å². The molecule has 0 spiro atoms. The molecule has 1 aromatic rings. The number of anilines is 1. The van der Waals surface area contributed by atoms with Crippen LogP contribution in [-0.2, 0) is 4.79 Å². The fourth-order valence-corrected chi connectivity index (χ4v) is 3.33. The molecule has 1 heterocycles. The number of nitrogens with zero attached hydrogens (tertiary/aromatic N) is 2. The highest BCUT2D eigenvalue weighted by atomic mass is 19.1. The maximum Gasteiger partial charge on any atom is 0.322 e. The minimum Gasteiger partial charge on any atom is -0.336 e. The second-order valence-corrected chi connectivity index (χ2v) is 6.34. The predicted octanol–water partition coefficient (Wildman–Crippen LogP) is 2.75. The van der Waals surface area contributed by atoms with Crippen molar-refractivity contribution in [3.63, 3.8) is 0 Å². The number of carbonyl (C=O) groups is 2. The lowest BCUT2D eigenvalue weighted by Gasteiger charge is -2.37. The Kier molecular flexibility index (Phi) is 4.50. The monoisotopic (exact) mass is 319 g/mol. The number of benzene rings is 1. The number of piperazine rings is 1. The first-order valence-electron chi connectivity index (χ1n) is 8.16. The van der Waals surface area contributed by atoms with Gasteiger partial charge in [-0.2, -0.15) is 0 Å². The molecule has 1 saturated heterocycles. The molecule has 1 aromatic carbocycles. The van der Waals surface area contributed by atoms with E-state index < -0.39 is 0 Å². The zero-order chi connectivity index (χ0) is 16.4. The van der Waals surface area contributed by atoms with Crippen molar-refractivity contribution in [2.24, 2.45) is 0 Å². The third kappa shape index (κ3) is 3.46. The highest BCUT2D eigenvalue weighted by Gasteiger charge is 2.32. The fraction of sp³-hybridized carbons (Fsp3) is 0.529. The molecule has 2 fully saturated rings. The van der Waals surface area contributed by atoms with Crippen molar-refractivity contribution in [3.8, 4) is 0 Å². The number of rotatable bonds is 2. The first kappa shape index (κ1) is 15.8. The summed E-state index contributed by atoms with van der Waals surface area (Å²) in [7, 11) is 0. The van der Waals surface area contributed by atoms with Crippen LogP contribution in [0.4, 0.5) is 14.9 Å². The van der Waals surface area contributed by atoms with E-state index in [0.717, 1.165) is 12.8 Å². The summed E-state index contributed by atoms with van der Waals surface area (Å²) in [6, 6.07) is 4.57. The number of hydrogen-bond acceptors (Lipinski definition) is 2. The molecule has 0 aromatic heterocycles. The van der Waals surface area contributed by atoms with Gasteiger partial charge in [-0.15, -0.1) is 0 Å². The second kappa shape index (κ2) is 6.56. The first-order chi connectivity index (χ1) is 11.0. The number of amides is 3. The third-order valence-electron chi connectivity index (χ3n) is 4.73. The van der Waals surface area contributed by atoms with Crippen molar-refractivity contribution in [1.82, 2.24) is 9.80 Å². The standard InChI is InChI=1S/C17H22FN3O2/c1-12-6-7-13(10-15(12)18)19-17(23)20-8-9-21(16(22)11-20)14-4-2-3-5-14/h6-7,10,14H,2-5,8-9,11H2,1H3,(H,19,23). The number of halogens is 1. The smallest absolute Gasteiger partial charge is 0.322 e. The third-order valence-corrected chi connectivity index (χ3v) is 4.73. The summed E-state index contributed by atoms with van der Waals surface area (Å²) in [6.07, 6.45) is 4.50. The molecule has 0 bridgehead atoms. The lowest BCUT2D eigenvalue weighted by molar-refractivity contribution is -0.137. The zero-order valence-corrected chi connectivity index (χ0v) is 13.3. The van der Waals surface area contributed by atoms with Crippen LogP contribution in [0.25, 0.3) is 0 Å². The Hall–Kier alpha value is -2.11. The fourth-order valence-electron chi connectivity index (χ4n) is 3.33. The largest absolute Gasteiger partial charge is 0.336 e. The van der Waals surface area contributed by atoms with Gasteiger partial charge < -0.3 is 15.1 Å². The van der Waals surface area contributed by atoms with Crippen molar-refractivity contribution in [2.75, 3.05) is 25.0 Å². The maximum atomic E-state index is 13.5. The molecule has 0 atom stereocenters. The average Bonchev–Trinajstić information content (AvgIpc) is 3.05. The quantitative estimate of drug-likeness (QED) is 0.911. The van der Waals surface area contributed by atoms with E-state index in [1.807, 2.05) is 4.90 Å². The van der Waals surface area contributed by atoms with Crippen LogP contribution in [-0.4, -0.2) is 47.4 Å². The van der Waals surface area contributed by atoms with E-state index in [9.17, 15) is 14.0 Å². The normalized spacial score (nSPS) is 19.3. The molecule has 3 amide bonds. The lowest BCUT2D eigenvalue weighted by atomic mass is 10.1. The Morgan fingerprint density at radius 1 is 1.26 bits per heavy atom. The van der Waals surface area contributed by atoms with E-state index in [4.69, 9.17) is 0 Å². The average molecular weight is 319 g/mol. The van der Waals surface area contributed by atoms with Crippen LogP contribution in [0.3, 0.4) is 0 Å². The van der Waals surface area contributed by atoms with Gasteiger partial charge in [0, 0.05) is 24.8 Å². The van der Waals surface area contributed by atoms with E-state index in [2.05, 4.69) is 5.32 Å². The number of hydrogen-bond donors (Lipinski definition) is 1. The van der Waals surface area contributed by atoms with Crippen LogP contribution in [0.1, 0.15) is 31.2 Å². The van der Waals surface area contributed by atoms with E-state index in [1.165, 1.54) is 23.8 Å². The number of carbonyl (C=O) groups excluding carboxylic acids is 2. The lowest BCUT2D eigenvalue weighted by Crippen LogP contribution is -2.55. The summed E-state index contributed by atoms with van der Waals surface area (Å²) in [5.41, 5.74) is 0.937. The molecule has 1 aliphatic carbocycles. The SMILES string of the molecule is Cc1ccc(NC(=O)N2CCN(C3CCCC3)C(=O)C2)cc1F. The highest BCUT2D eigenvalue weighted by molar-refractivity contribution is 5.93. The van der Waals surface area contributed by atoms with Crippen LogP contribution in [0, 0.1) is 12.7 Å². The summed E-state index contributed by atoms with van der Waals surface area (Å²) >= 11 is 0. The van der Waals surface area contributed by atoms with Crippen LogP contribution in [0.2, 0.25) is 0 Å². The van der Waals surface area contributed by atoms with Crippen molar-refractivity contribution < 1.29 is 14.0 Å². The molecule has 0 radical (unpaired) electrons. The Balaban J connectivity index is 1.58. The molecule has 23 heavy (non-hydrogen) atoms. The van der Waals surface area contributed by atoms with Gasteiger partial charge in [0.1, 0.15) is 12.4 Å². The van der Waals surface area contributed by atoms with E-state index in [-0.39, 0.29) is 24.3 Å². The Morgan fingerprint density at radius 2 is 2.00 bits per heavy atom. The molecule has 0 unspecified atom stereocenters. The predicted molar refractivity (Wildman–Crippen MR) is 85.7 cm³/mol. The minimum atomic E-state index is -0.357. The molecular weight excluding hydrogens is 297 g/mol. The van der Waals surface area contributed by atoms with Gasteiger partial charge in [-0.25, -0.2) is 9.18 Å². The molecule has 5 nitrogen and oxygen atoms in total. The maximum absolute atomic E-state index is 13.5. The van der Waals surface area contributed by atoms with Gasteiger partial charge in [-0.05, 0) is 37.5 Å². The molecule has 1 saturated carbocycles. The van der Waals surface area contributed by atoms with Gasteiger partial charge in [0.25, 0.3) is 0 Å². The molecule has 1 N–H and O–H groups in total. The summed E-state index contributed by atoms with van der Waals surface area (Å²) in [6.45, 7) is 2.86. The van der Waals surface area contributed by atoms with E-state index >= 15 is 0 Å². The van der Waals surface area contributed by atoms with Gasteiger partial charge >= 0.3 is 6.03 Å². The highest BCUT2D eigenvalue weighted by Crippen LogP contribution is 2.25. The molecular formula is C17H22FN3O2. The number of aryl methyl sites for hydroxylation is 1. The minimum absolute atomic E-state index is 0.00777. The zero-order valence-electron chi connectivity index (χ0n) is 13.3. The van der Waals surface area contributed by atoms with Crippen molar-refractivity contribution >= 4 is 17.6 Å². The van der Waals surface area contributed by atoms with Gasteiger partial charge in [-0.1, -0.05) is 18.9 Å². The molecule has 2 aliphatic rings. The summed E-state index contributed by atoms with van der Waals surface area (Å²) in [5, 5.41) is 2.66. The molecule has 124 valence electrons. The Morgan fingerprint density at radius 3 is 2.65 bits per heavy atom. The van der Waals surface area contributed by atoms with E-state index in [0.29, 0.717) is 30.4 Å².